The average Bonchev–Trinajstić information content (AvgIpc) is 2.96. The number of carbonyl (C=O) groups is 1. The normalized spacial score (nSPS) is 24.7. The van der Waals surface area contributed by atoms with Crippen molar-refractivity contribution in [3.8, 4) is 0 Å². The van der Waals surface area contributed by atoms with Gasteiger partial charge in [-0.2, -0.15) is 0 Å². The van der Waals surface area contributed by atoms with Crippen LogP contribution in [0.4, 0.5) is 0 Å². The summed E-state index contributed by atoms with van der Waals surface area (Å²) >= 11 is 0. The second-order valence-electron chi connectivity index (χ2n) is 5.81. The van der Waals surface area contributed by atoms with Gasteiger partial charge in [0.15, 0.2) is 0 Å². The highest BCUT2D eigenvalue weighted by atomic mass is 17.1. The lowest BCUT2D eigenvalue weighted by Gasteiger charge is -2.25. The molecule has 0 amide bonds. The molecule has 1 aliphatic heterocycles. The first-order valence-corrected chi connectivity index (χ1v) is 8.66. The lowest BCUT2D eigenvalue weighted by atomic mass is 10.0. The predicted octanol–water partition coefficient (Wildman–Crippen LogP) is 4.39. The highest BCUT2D eigenvalue weighted by Gasteiger charge is 2.40. The summed E-state index contributed by atoms with van der Waals surface area (Å²) in [5.41, 5.74) is 0. The minimum atomic E-state index is -0.944. The molecule has 0 aromatic rings. The Morgan fingerprint density at radius 2 is 2.04 bits per heavy atom. The Bertz CT molecular complexity index is 391. The number of allylic oxidation sites excluding steroid dienone is 2. The van der Waals surface area contributed by atoms with Crippen LogP contribution in [0.3, 0.4) is 0 Å². The van der Waals surface area contributed by atoms with Gasteiger partial charge in [-0.05, 0) is 38.7 Å². The van der Waals surface area contributed by atoms with Gasteiger partial charge in [0.05, 0.1) is 12.7 Å². The number of ether oxygens (including phenoxy) is 2. The highest BCUT2D eigenvalue weighted by Crippen LogP contribution is 2.35. The Morgan fingerprint density at radius 1 is 1.30 bits per heavy atom. The van der Waals surface area contributed by atoms with Gasteiger partial charge in [0.1, 0.15) is 0 Å². The third-order valence-electron chi connectivity index (χ3n) is 3.90. The molecule has 1 heterocycles. The van der Waals surface area contributed by atoms with Crippen molar-refractivity contribution >= 4 is 5.97 Å². The monoisotopic (exact) mass is 326 g/mol. The van der Waals surface area contributed by atoms with Crippen molar-refractivity contribution < 1.29 is 24.4 Å². The Labute approximate surface area is 139 Å². The maximum absolute atomic E-state index is 11.3. The van der Waals surface area contributed by atoms with Gasteiger partial charge >= 0.3 is 5.97 Å². The second kappa shape index (κ2) is 11.4. The van der Waals surface area contributed by atoms with Gasteiger partial charge in [0, 0.05) is 18.9 Å². The predicted molar refractivity (Wildman–Crippen MR) is 88.8 cm³/mol. The Kier molecular flexibility index (Phi) is 9.83. The van der Waals surface area contributed by atoms with Crippen molar-refractivity contribution in [2.75, 3.05) is 6.61 Å². The fourth-order valence-corrected chi connectivity index (χ4v) is 2.61. The first-order chi connectivity index (χ1) is 11.2. The zero-order valence-electron chi connectivity index (χ0n) is 14.3. The van der Waals surface area contributed by atoms with E-state index in [-0.39, 0.29) is 12.1 Å². The van der Waals surface area contributed by atoms with E-state index in [2.05, 4.69) is 24.0 Å². The van der Waals surface area contributed by atoms with Crippen LogP contribution in [0.25, 0.3) is 0 Å². The molecule has 2 atom stereocenters. The topological polar surface area (TPSA) is 65.0 Å². The molecule has 1 fully saturated rings. The molecule has 0 spiro atoms. The largest absolute Gasteiger partial charge is 0.463 e. The van der Waals surface area contributed by atoms with Crippen molar-refractivity contribution in [3.05, 3.63) is 24.3 Å². The minimum Gasteiger partial charge on any atom is -0.463 e. The SMILES string of the molecule is CCCC/C=C/CCC[C@]1(OO)CC[C@H](/C=C/C(=O)OCC)O1. The van der Waals surface area contributed by atoms with Crippen LogP contribution in [0.5, 0.6) is 0 Å². The van der Waals surface area contributed by atoms with E-state index in [1.165, 1.54) is 18.9 Å². The molecule has 132 valence electrons. The third-order valence-corrected chi connectivity index (χ3v) is 3.90. The smallest absolute Gasteiger partial charge is 0.330 e. The van der Waals surface area contributed by atoms with Gasteiger partial charge in [-0.25, -0.2) is 14.9 Å². The van der Waals surface area contributed by atoms with Gasteiger partial charge in [0.2, 0.25) is 5.79 Å². The van der Waals surface area contributed by atoms with Gasteiger partial charge in [-0.15, -0.1) is 0 Å². The van der Waals surface area contributed by atoms with E-state index in [0.29, 0.717) is 25.9 Å². The molecule has 0 radical (unpaired) electrons. The molecular formula is C18H30O5. The molecule has 5 heteroatoms. The molecule has 23 heavy (non-hydrogen) atoms. The zero-order valence-corrected chi connectivity index (χ0v) is 14.3. The molecule has 1 aliphatic rings. The van der Waals surface area contributed by atoms with Crippen LogP contribution >= 0.6 is 0 Å². The Balaban J connectivity index is 2.32. The maximum atomic E-state index is 11.3. The van der Waals surface area contributed by atoms with Crippen molar-refractivity contribution in [1.82, 2.24) is 0 Å². The summed E-state index contributed by atoms with van der Waals surface area (Å²) in [7, 11) is 0. The van der Waals surface area contributed by atoms with E-state index in [1.807, 2.05) is 0 Å². The van der Waals surface area contributed by atoms with Gasteiger partial charge < -0.3 is 9.47 Å². The number of rotatable bonds is 11. The first kappa shape index (κ1) is 19.9. The molecule has 0 aliphatic carbocycles. The second-order valence-corrected chi connectivity index (χ2v) is 5.81. The molecule has 0 aromatic heterocycles. The van der Waals surface area contributed by atoms with Crippen LogP contribution in [0.15, 0.2) is 24.3 Å². The number of hydrogen-bond acceptors (Lipinski definition) is 5. The molecule has 0 saturated carbocycles. The van der Waals surface area contributed by atoms with Gasteiger partial charge in [-0.1, -0.05) is 31.9 Å². The Morgan fingerprint density at radius 3 is 2.70 bits per heavy atom. The van der Waals surface area contributed by atoms with Crippen LogP contribution in [0, 0.1) is 0 Å². The third kappa shape index (κ3) is 7.77. The summed E-state index contributed by atoms with van der Waals surface area (Å²) in [6, 6.07) is 0. The molecule has 0 bridgehead atoms. The number of unbranched alkanes of at least 4 members (excludes halogenated alkanes) is 3. The van der Waals surface area contributed by atoms with E-state index in [4.69, 9.17) is 9.47 Å². The van der Waals surface area contributed by atoms with Crippen LogP contribution in [-0.4, -0.2) is 29.7 Å². The molecule has 1 rings (SSSR count). The summed E-state index contributed by atoms with van der Waals surface area (Å²) in [5, 5.41) is 9.21. The summed E-state index contributed by atoms with van der Waals surface area (Å²) in [4.78, 5) is 15.9. The Hall–Kier alpha value is -1.17. The van der Waals surface area contributed by atoms with E-state index >= 15 is 0 Å². The summed E-state index contributed by atoms with van der Waals surface area (Å²) in [6.45, 7) is 4.30. The van der Waals surface area contributed by atoms with Crippen molar-refractivity contribution in [3.63, 3.8) is 0 Å². The van der Waals surface area contributed by atoms with Crippen molar-refractivity contribution in [1.29, 1.82) is 0 Å². The van der Waals surface area contributed by atoms with Crippen molar-refractivity contribution in [2.45, 2.75) is 77.1 Å². The summed E-state index contributed by atoms with van der Waals surface area (Å²) in [6.07, 6.45) is 14.5. The van der Waals surface area contributed by atoms with E-state index in [0.717, 1.165) is 19.3 Å². The lowest BCUT2D eigenvalue weighted by molar-refractivity contribution is -0.398. The zero-order chi connectivity index (χ0) is 17.0. The molecule has 0 aromatic carbocycles. The van der Waals surface area contributed by atoms with Crippen LogP contribution in [-0.2, 0) is 19.2 Å². The molecule has 0 unspecified atom stereocenters. The molecule has 1 saturated heterocycles. The van der Waals surface area contributed by atoms with Gasteiger partial charge in [0.25, 0.3) is 0 Å². The highest BCUT2D eigenvalue weighted by molar-refractivity contribution is 5.81. The molecule has 5 nitrogen and oxygen atoms in total. The van der Waals surface area contributed by atoms with Crippen LogP contribution in [0.1, 0.15) is 65.2 Å². The van der Waals surface area contributed by atoms with Gasteiger partial charge in [-0.3, -0.25) is 0 Å². The maximum Gasteiger partial charge on any atom is 0.330 e. The number of carbonyl (C=O) groups excluding carboxylic acids is 1. The number of esters is 1. The molecular weight excluding hydrogens is 296 g/mol. The summed E-state index contributed by atoms with van der Waals surface area (Å²) in [5.74, 6) is -1.32. The minimum absolute atomic E-state index is 0.230. The quantitative estimate of drug-likeness (QED) is 0.152. The van der Waals surface area contributed by atoms with Crippen molar-refractivity contribution in [2.24, 2.45) is 0 Å². The standard InChI is InChI=1S/C18H30O5/c1-3-5-6-7-8-9-10-14-18(23-20)15-13-16(22-18)11-12-17(19)21-4-2/h7-8,11-12,16,20H,3-6,9-10,13-15H2,1-2H3/b8-7+,12-11+/t16-,18-/m0/s1. The first-order valence-electron chi connectivity index (χ1n) is 8.66. The van der Waals surface area contributed by atoms with Crippen LogP contribution in [0.2, 0.25) is 0 Å². The average molecular weight is 326 g/mol. The summed E-state index contributed by atoms with van der Waals surface area (Å²) < 4.78 is 10.6. The fraction of sp³-hybridized carbons (Fsp3) is 0.722. The van der Waals surface area contributed by atoms with Crippen LogP contribution < -0.4 is 0 Å². The molecule has 1 N–H and O–H groups in total. The number of hydrogen-bond donors (Lipinski definition) is 1. The van der Waals surface area contributed by atoms with E-state index < -0.39 is 5.79 Å². The van der Waals surface area contributed by atoms with E-state index in [9.17, 15) is 10.1 Å². The fourth-order valence-electron chi connectivity index (χ4n) is 2.61. The lowest BCUT2D eigenvalue weighted by Crippen LogP contribution is -2.31. The van der Waals surface area contributed by atoms with E-state index in [1.54, 1.807) is 13.0 Å².